The smallest absolute Gasteiger partial charge is 0.272 e. The molecular weight excluding hydrogens is 410 g/mol. The molecule has 3 atom stereocenters. The number of carbonyl (C=O) groups is 1. The molecule has 0 saturated heterocycles. The van der Waals surface area contributed by atoms with Gasteiger partial charge in [0.15, 0.2) is 0 Å². The van der Waals surface area contributed by atoms with E-state index in [1.807, 2.05) is 36.4 Å². The molecule has 7 nitrogen and oxygen atoms in total. The maximum atomic E-state index is 12.7. The number of aromatic amines is 1. The first-order valence-electron chi connectivity index (χ1n) is 10.4. The van der Waals surface area contributed by atoms with Gasteiger partial charge in [-0.25, -0.2) is 10.1 Å². The zero-order valence-electron chi connectivity index (χ0n) is 16.5. The molecule has 1 aliphatic heterocycles. The molecule has 1 amide bonds. The number of pyridine rings is 1. The number of hydrogen-bond donors (Lipinski definition) is 2. The minimum absolute atomic E-state index is 0.0844. The number of benzene rings is 1. The molecule has 31 heavy (non-hydrogen) atoms. The summed E-state index contributed by atoms with van der Waals surface area (Å²) in [4.78, 5) is 34.7. The molecule has 1 saturated carbocycles. The Hall–Kier alpha value is -3.39. The maximum Gasteiger partial charge on any atom is 0.272 e. The van der Waals surface area contributed by atoms with Crippen LogP contribution in [0.3, 0.4) is 0 Å². The molecule has 2 aliphatic rings. The first kappa shape index (κ1) is 18.4. The first-order valence-corrected chi connectivity index (χ1v) is 11.2. The van der Waals surface area contributed by atoms with Crippen molar-refractivity contribution >= 4 is 28.0 Å². The molecule has 1 aliphatic carbocycles. The minimum atomic E-state index is -0.162. The van der Waals surface area contributed by atoms with E-state index in [-0.39, 0.29) is 29.3 Å². The Morgan fingerprint density at radius 2 is 1.81 bits per heavy atom. The topological polar surface area (TPSA) is 101 Å². The average molecular weight is 430 g/mol. The van der Waals surface area contributed by atoms with Gasteiger partial charge in [0.05, 0.1) is 11.1 Å². The lowest BCUT2D eigenvalue weighted by Gasteiger charge is -2.38. The van der Waals surface area contributed by atoms with Crippen molar-refractivity contribution in [2.45, 2.75) is 37.1 Å². The predicted molar refractivity (Wildman–Crippen MR) is 118 cm³/mol. The van der Waals surface area contributed by atoms with Crippen LogP contribution in [-0.2, 0) is 0 Å². The molecule has 1 fully saturated rings. The maximum absolute atomic E-state index is 12.7. The van der Waals surface area contributed by atoms with Crippen molar-refractivity contribution in [3.63, 3.8) is 0 Å². The van der Waals surface area contributed by atoms with Crippen LogP contribution in [0.15, 0.2) is 53.6 Å². The van der Waals surface area contributed by atoms with Crippen LogP contribution < -0.4 is 10.9 Å². The largest absolute Gasteiger partial charge is 0.347 e. The quantitative estimate of drug-likeness (QED) is 0.507. The molecule has 154 valence electrons. The SMILES string of the molecule is O=C1N[C@H]2CC[C@H](c3n[nH]c(=O)c4ccccc34)C[C@@H]2c2sc(-c3ccncc3)nc21. The van der Waals surface area contributed by atoms with Crippen molar-refractivity contribution in [2.24, 2.45) is 0 Å². The van der Waals surface area contributed by atoms with Gasteiger partial charge in [-0.2, -0.15) is 5.10 Å². The third kappa shape index (κ3) is 2.97. The number of amides is 1. The van der Waals surface area contributed by atoms with Gasteiger partial charge in [0.2, 0.25) is 0 Å². The summed E-state index contributed by atoms with van der Waals surface area (Å²) >= 11 is 1.60. The number of H-pyrrole nitrogens is 1. The third-order valence-electron chi connectivity index (χ3n) is 6.41. The fourth-order valence-electron chi connectivity index (χ4n) is 4.93. The number of fused-ring (bicyclic) bond motifs is 4. The van der Waals surface area contributed by atoms with Crippen molar-refractivity contribution in [1.29, 1.82) is 0 Å². The van der Waals surface area contributed by atoms with Gasteiger partial charge < -0.3 is 5.32 Å². The van der Waals surface area contributed by atoms with Gasteiger partial charge in [-0.05, 0) is 37.5 Å². The number of nitrogens with one attached hydrogen (secondary N) is 2. The van der Waals surface area contributed by atoms with E-state index in [0.717, 1.165) is 45.8 Å². The highest BCUT2D eigenvalue weighted by Gasteiger charge is 2.41. The van der Waals surface area contributed by atoms with Gasteiger partial charge in [-0.15, -0.1) is 11.3 Å². The molecule has 4 aromatic rings. The van der Waals surface area contributed by atoms with Crippen molar-refractivity contribution in [3.8, 4) is 10.6 Å². The van der Waals surface area contributed by atoms with E-state index in [1.54, 1.807) is 23.7 Å². The summed E-state index contributed by atoms with van der Waals surface area (Å²) in [6.45, 7) is 0. The molecule has 0 bridgehead atoms. The van der Waals surface area contributed by atoms with Crippen LogP contribution in [0.4, 0.5) is 0 Å². The lowest BCUT2D eigenvalue weighted by molar-refractivity contribution is 0.0893. The number of carbonyl (C=O) groups excluding carboxylic acids is 1. The summed E-state index contributed by atoms with van der Waals surface area (Å²) in [5.41, 5.74) is 2.29. The normalized spacial score (nSPS) is 22.6. The predicted octanol–water partition coefficient (Wildman–Crippen LogP) is 3.60. The second-order valence-electron chi connectivity index (χ2n) is 8.15. The highest BCUT2D eigenvalue weighted by Crippen LogP contribution is 2.47. The Morgan fingerprint density at radius 1 is 1.00 bits per heavy atom. The number of nitrogens with zero attached hydrogens (tertiary/aromatic N) is 3. The van der Waals surface area contributed by atoms with Crippen molar-refractivity contribution in [1.82, 2.24) is 25.5 Å². The molecule has 0 spiro atoms. The zero-order valence-corrected chi connectivity index (χ0v) is 17.4. The van der Waals surface area contributed by atoms with Crippen LogP contribution in [0.5, 0.6) is 0 Å². The van der Waals surface area contributed by atoms with E-state index in [4.69, 9.17) is 0 Å². The van der Waals surface area contributed by atoms with E-state index in [2.05, 4.69) is 25.5 Å². The molecule has 2 N–H and O–H groups in total. The molecule has 8 heteroatoms. The fraction of sp³-hybridized carbons (Fsp3) is 0.261. The van der Waals surface area contributed by atoms with Gasteiger partial charge in [0.25, 0.3) is 11.5 Å². The molecule has 0 unspecified atom stereocenters. The lowest BCUT2D eigenvalue weighted by atomic mass is 9.73. The van der Waals surface area contributed by atoms with Crippen LogP contribution in [0.25, 0.3) is 21.3 Å². The average Bonchev–Trinajstić information content (AvgIpc) is 3.27. The Labute approximate surface area is 181 Å². The monoisotopic (exact) mass is 429 g/mol. The lowest BCUT2D eigenvalue weighted by Crippen LogP contribution is -2.46. The van der Waals surface area contributed by atoms with Crippen molar-refractivity contribution < 1.29 is 4.79 Å². The zero-order chi connectivity index (χ0) is 20.9. The van der Waals surface area contributed by atoms with Gasteiger partial charge in [0, 0.05) is 46.1 Å². The van der Waals surface area contributed by atoms with E-state index in [1.165, 1.54) is 0 Å². The van der Waals surface area contributed by atoms with Gasteiger partial charge in [-0.1, -0.05) is 18.2 Å². The van der Waals surface area contributed by atoms with Crippen LogP contribution >= 0.6 is 11.3 Å². The summed E-state index contributed by atoms with van der Waals surface area (Å²) in [5.74, 6) is 0.309. The van der Waals surface area contributed by atoms with E-state index in [0.29, 0.717) is 11.1 Å². The van der Waals surface area contributed by atoms with E-state index in [9.17, 15) is 9.59 Å². The van der Waals surface area contributed by atoms with Gasteiger partial charge in [-0.3, -0.25) is 14.6 Å². The second kappa shape index (κ2) is 7.09. The minimum Gasteiger partial charge on any atom is -0.347 e. The molecule has 3 aromatic heterocycles. The van der Waals surface area contributed by atoms with Crippen LogP contribution in [-0.4, -0.2) is 32.1 Å². The molecule has 0 radical (unpaired) electrons. The summed E-state index contributed by atoms with van der Waals surface area (Å²) in [7, 11) is 0. The Bertz CT molecular complexity index is 1360. The van der Waals surface area contributed by atoms with Crippen LogP contribution in [0, 0.1) is 0 Å². The molecule has 4 heterocycles. The van der Waals surface area contributed by atoms with Crippen molar-refractivity contribution in [2.75, 3.05) is 0 Å². The number of thiazole rings is 1. The van der Waals surface area contributed by atoms with Crippen LogP contribution in [0.1, 0.15) is 52.2 Å². The summed E-state index contributed by atoms with van der Waals surface area (Å²) in [5, 5.41) is 12.7. The van der Waals surface area contributed by atoms with Crippen molar-refractivity contribution in [3.05, 3.63) is 75.4 Å². The Morgan fingerprint density at radius 3 is 2.65 bits per heavy atom. The summed E-state index contributed by atoms with van der Waals surface area (Å²) < 4.78 is 0. The third-order valence-corrected chi connectivity index (χ3v) is 7.65. The van der Waals surface area contributed by atoms with E-state index < -0.39 is 0 Å². The number of rotatable bonds is 2. The Kier molecular flexibility index (Phi) is 4.21. The molecule has 1 aromatic carbocycles. The summed E-state index contributed by atoms with van der Waals surface area (Å²) in [6, 6.07) is 11.6. The number of aromatic nitrogens is 4. The number of hydrogen-bond acceptors (Lipinski definition) is 6. The van der Waals surface area contributed by atoms with Crippen LogP contribution in [0.2, 0.25) is 0 Å². The second-order valence-corrected chi connectivity index (χ2v) is 9.18. The highest BCUT2D eigenvalue weighted by atomic mass is 32.1. The van der Waals surface area contributed by atoms with E-state index >= 15 is 0 Å². The first-order chi connectivity index (χ1) is 15.2. The molecule has 6 rings (SSSR count). The van der Waals surface area contributed by atoms with Gasteiger partial charge in [0.1, 0.15) is 10.7 Å². The Balaban J connectivity index is 1.40. The molecular formula is C23H19N5O2S. The summed E-state index contributed by atoms with van der Waals surface area (Å²) in [6.07, 6.45) is 6.12. The standard InChI is InChI=1S/C23H19N5O2S/c29-21-15-4-2-1-3-14(15)18(27-28-21)13-5-6-17-16(11-13)20-19(22(30)25-17)26-23(31-20)12-7-9-24-10-8-12/h1-4,7-10,13,16-17H,5-6,11H2,(H,25,30)(H,28,29)/t13-,16-,17-/m0/s1. The van der Waals surface area contributed by atoms with Gasteiger partial charge >= 0.3 is 0 Å². The fourth-order valence-corrected chi connectivity index (χ4v) is 6.18. The highest BCUT2D eigenvalue weighted by molar-refractivity contribution is 7.15.